The number of amides is 6. The third kappa shape index (κ3) is 15.4. The number of carbonyl (C=O) groups is 6. The first-order valence-corrected chi connectivity index (χ1v) is 19.3. The number of hydrogen-bond donors (Lipinski definition) is 20. The minimum absolute atomic E-state index is 0.0456. The summed E-state index contributed by atoms with van der Waals surface area (Å²) in [5, 5.41) is 95.0. The van der Waals surface area contributed by atoms with Crippen LogP contribution in [0.25, 0.3) is 0 Å². The van der Waals surface area contributed by atoms with Crippen molar-refractivity contribution < 1.29 is 53.6 Å². The molecule has 0 bridgehead atoms. The molecule has 34 nitrogen and oxygen atoms in total. The number of primary amides is 1. The number of nitrogens with zero attached hydrogens (tertiary/aromatic N) is 3. The number of rotatable bonds is 23. The Hall–Kier alpha value is -10.3. The largest absolute Gasteiger partial charge is 0.508 e. The number of nitrogens with one attached hydrogen (secondary N) is 13. The van der Waals surface area contributed by atoms with Crippen LogP contribution in [0.4, 0.5) is 17.1 Å². The van der Waals surface area contributed by atoms with Crippen molar-refractivity contribution in [2.45, 2.75) is 43.5 Å². The lowest BCUT2D eigenvalue weighted by molar-refractivity contribution is -0.393. The molecule has 0 aliphatic carbocycles. The van der Waals surface area contributed by atoms with Crippen molar-refractivity contribution in [3.05, 3.63) is 98.1 Å². The number of aromatic hydroxyl groups is 1. The molecule has 0 aliphatic rings. The number of methoxy groups -OCH3 is 1. The summed E-state index contributed by atoms with van der Waals surface area (Å²) in [6.45, 7) is -0.715. The predicted molar refractivity (Wildman–Crippen MR) is 241 cm³/mol. The second-order valence-corrected chi connectivity index (χ2v) is 13.9. The van der Waals surface area contributed by atoms with Gasteiger partial charge in [-0.3, -0.25) is 70.6 Å². The summed E-state index contributed by atoms with van der Waals surface area (Å²) < 4.78 is 5.18. The minimum atomic E-state index is -2.52. The van der Waals surface area contributed by atoms with Gasteiger partial charge in [0.15, 0.2) is 48.5 Å². The molecular weight excluding hydrogens is 935 g/mol. The van der Waals surface area contributed by atoms with E-state index in [2.05, 4.69) is 16.0 Å². The molecule has 34 heteroatoms. The predicted octanol–water partition coefficient (Wildman–Crippen LogP) is -6.41. The first-order chi connectivity index (χ1) is 32.8. The van der Waals surface area contributed by atoms with Gasteiger partial charge in [-0.1, -0.05) is 30.3 Å². The summed E-state index contributed by atoms with van der Waals surface area (Å²) in [5.41, 5.74) is 24.2. The summed E-state index contributed by atoms with van der Waals surface area (Å²) in [5.74, 6) is -12.3. The lowest BCUT2D eigenvalue weighted by Crippen LogP contribution is -2.68. The lowest BCUT2D eigenvalue weighted by atomic mass is 10.1. The van der Waals surface area contributed by atoms with E-state index < -0.39 is 135 Å². The zero-order chi connectivity index (χ0) is 52.6. The molecule has 0 aromatic heterocycles. The number of aliphatic hydroxyl groups excluding tert-OH is 1. The van der Waals surface area contributed by atoms with Crippen molar-refractivity contribution in [3.63, 3.8) is 0 Å². The van der Waals surface area contributed by atoms with Crippen LogP contribution in [0.1, 0.15) is 17.2 Å². The van der Waals surface area contributed by atoms with Crippen molar-refractivity contribution in [1.82, 2.24) is 47.9 Å². The Balaban J connectivity index is 2.02. The Morgan fingerprint density at radius 2 is 1.10 bits per heavy atom. The van der Waals surface area contributed by atoms with Gasteiger partial charge < -0.3 is 96.4 Å². The lowest BCUT2D eigenvalue weighted by Gasteiger charge is -2.31. The number of anilines is 1. The van der Waals surface area contributed by atoms with Gasteiger partial charge in [0.25, 0.3) is 40.9 Å². The summed E-state index contributed by atoms with van der Waals surface area (Å²) in [6, 6.07) is 11.1. The summed E-state index contributed by atoms with van der Waals surface area (Å²) >= 11 is 0. The van der Waals surface area contributed by atoms with Crippen LogP contribution in [0.2, 0.25) is 0 Å². The van der Waals surface area contributed by atoms with Crippen LogP contribution >= 0.6 is 0 Å². The highest BCUT2D eigenvalue weighted by atomic mass is 16.6. The number of carbonyl (C=O) groups excluding carboxylic acids is 6. The molecule has 6 amide bonds. The molecule has 0 saturated carbocycles. The highest BCUT2D eigenvalue weighted by Crippen LogP contribution is 2.35. The Labute approximate surface area is 392 Å². The van der Waals surface area contributed by atoms with E-state index in [0.29, 0.717) is 11.0 Å². The van der Waals surface area contributed by atoms with Crippen LogP contribution in [0.15, 0.2) is 66.7 Å². The van der Waals surface area contributed by atoms with Crippen molar-refractivity contribution in [2.24, 2.45) is 28.7 Å². The molecule has 25 N–H and O–H groups in total. The van der Waals surface area contributed by atoms with Gasteiger partial charge in [-0.15, -0.1) is 0 Å². The molecule has 6 atom stereocenters. The number of phenols is 1. The highest BCUT2D eigenvalue weighted by Gasteiger charge is 2.37. The average Bonchev–Trinajstić information content (AvgIpc) is 3.28. The fourth-order valence-corrected chi connectivity index (χ4v) is 5.83. The maximum absolute atomic E-state index is 14.2. The maximum Gasteiger partial charge on any atom is 0.299 e. The molecule has 0 spiro atoms. The number of benzene rings is 3. The van der Waals surface area contributed by atoms with E-state index in [-0.39, 0.29) is 16.9 Å². The second kappa shape index (κ2) is 24.3. The van der Waals surface area contributed by atoms with Crippen LogP contribution in [0.5, 0.6) is 11.5 Å². The molecule has 6 unspecified atom stereocenters. The standard InChI is InChI=1S/C36H47N21O13/c1-70-17-8-10-20(58)15(11-17)13-55(18-9-7-16(56(66)67)12-19(18)57(68)69)32(65)31(64)46-21(14-5-3-2-4-6-14)27(60)48-24(52-34(40)41)29(62)50-26(54-36(44)45)30(63)49-25(53-35(42)43)28(61)47-23(22(37)59)51-33(38)39/h2-12,21,23-26,32,58,65H,13H2,1H3,(H2,37,59)(H,46,64)(H,47,61)(H,48,60)(H,49,63)(H,50,62)(H4,38,39,51)(H4,40,41,52)(H4,42,43,53)(H4,44,45,54). The second-order valence-electron chi connectivity index (χ2n) is 13.9. The van der Waals surface area contributed by atoms with Gasteiger partial charge in [0, 0.05) is 18.2 Å². The molecule has 0 radical (unpaired) electrons. The smallest absolute Gasteiger partial charge is 0.299 e. The number of nitro benzene ring substituents is 2. The molecular formula is C36H47N21O13. The van der Waals surface area contributed by atoms with Crippen LogP contribution in [0.3, 0.4) is 0 Å². The van der Waals surface area contributed by atoms with E-state index in [1.165, 1.54) is 55.6 Å². The molecule has 0 aliphatic heterocycles. The number of ether oxygens (including phenoxy) is 1. The van der Waals surface area contributed by atoms with Gasteiger partial charge in [0.2, 0.25) is 12.1 Å². The molecule has 0 fully saturated rings. The van der Waals surface area contributed by atoms with Crippen molar-refractivity contribution in [1.29, 1.82) is 21.6 Å². The zero-order valence-corrected chi connectivity index (χ0v) is 36.1. The van der Waals surface area contributed by atoms with E-state index in [9.17, 15) is 59.2 Å². The van der Waals surface area contributed by atoms with Gasteiger partial charge in [0.05, 0.1) is 23.0 Å². The number of aliphatic hydroxyl groups is 1. The Kier molecular flexibility index (Phi) is 18.8. The Bertz CT molecular complexity index is 2550. The Morgan fingerprint density at radius 1 is 0.629 bits per heavy atom. The van der Waals surface area contributed by atoms with E-state index in [1.807, 2.05) is 31.9 Å². The van der Waals surface area contributed by atoms with Crippen LogP contribution in [-0.4, -0.2) is 117 Å². The third-order valence-electron chi connectivity index (χ3n) is 8.93. The van der Waals surface area contributed by atoms with Crippen LogP contribution < -0.4 is 86.2 Å². The van der Waals surface area contributed by atoms with Crippen molar-refractivity contribution in [3.8, 4) is 11.5 Å². The highest BCUT2D eigenvalue weighted by molar-refractivity contribution is 6.00. The topological polar surface area (TPSA) is 575 Å². The quantitative estimate of drug-likeness (QED) is 0.0138. The maximum atomic E-state index is 14.2. The molecule has 3 aromatic carbocycles. The normalized spacial score (nSPS) is 13.0. The van der Waals surface area contributed by atoms with Crippen LogP contribution in [-0.2, 0) is 35.3 Å². The minimum Gasteiger partial charge on any atom is -0.508 e. The molecule has 374 valence electrons. The molecule has 70 heavy (non-hydrogen) atoms. The molecule has 0 saturated heterocycles. The molecule has 0 heterocycles. The average molecular weight is 982 g/mol. The number of phenolic OH excluding ortho intramolecular Hbond substituents is 1. The monoisotopic (exact) mass is 981 g/mol. The number of hydrogen-bond acceptors (Lipinski definition) is 18. The van der Waals surface area contributed by atoms with Crippen LogP contribution in [0, 0.1) is 41.9 Å². The number of guanidine groups is 4. The first kappa shape index (κ1) is 54.1. The van der Waals surface area contributed by atoms with Gasteiger partial charge in [-0.05, 0) is 29.8 Å². The molecule has 3 aromatic rings. The summed E-state index contributed by atoms with van der Waals surface area (Å²) in [6.07, 6.45) is -10.8. The zero-order valence-electron chi connectivity index (χ0n) is 36.1. The van der Waals surface area contributed by atoms with Gasteiger partial charge in [0.1, 0.15) is 23.2 Å². The fraction of sp³-hybridized carbons (Fsp3) is 0.222. The third-order valence-corrected chi connectivity index (χ3v) is 8.93. The molecule has 3 rings (SSSR count). The first-order valence-electron chi connectivity index (χ1n) is 19.3. The van der Waals surface area contributed by atoms with E-state index in [1.54, 1.807) is 0 Å². The van der Waals surface area contributed by atoms with Crippen molar-refractivity contribution >= 4 is 76.3 Å². The fourth-order valence-electron chi connectivity index (χ4n) is 5.83. The van der Waals surface area contributed by atoms with Crippen molar-refractivity contribution in [2.75, 3.05) is 12.0 Å². The SMILES string of the molecule is COc1ccc(O)c(CN(c2ccc([N+](=O)[O-])cc2[N+](=O)[O-])C(O)C(=O)NC(C(=O)NC(NC(=N)N)C(=O)NC(NC(=N)N)C(=O)NC(NC(=N)N)C(=O)NC(NC(=N)N)C(N)=O)c2ccccc2)c1. The number of nitro groups is 2. The van der Waals surface area contributed by atoms with E-state index >= 15 is 0 Å². The van der Waals surface area contributed by atoms with E-state index in [0.717, 1.165) is 12.1 Å². The van der Waals surface area contributed by atoms with Gasteiger partial charge >= 0.3 is 0 Å². The van der Waals surface area contributed by atoms with Gasteiger partial charge in [-0.2, -0.15) is 0 Å². The summed E-state index contributed by atoms with van der Waals surface area (Å²) in [4.78, 5) is 103. The Morgan fingerprint density at radius 3 is 1.54 bits per heavy atom. The van der Waals surface area contributed by atoms with E-state index in [4.69, 9.17) is 55.0 Å². The number of nitrogens with two attached hydrogens (primary N) is 5. The summed E-state index contributed by atoms with van der Waals surface area (Å²) in [7, 11) is 1.28. The number of non-ortho nitro benzene ring substituents is 1. The van der Waals surface area contributed by atoms with Gasteiger partial charge in [-0.25, -0.2) is 0 Å².